The zero-order valence-corrected chi connectivity index (χ0v) is 9.03. The number of hydrogen-bond donors (Lipinski definition) is 1. The largest absolute Gasteiger partial charge is 0.460 e. The molecule has 1 fully saturated rings. The van der Waals surface area contributed by atoms with Crippen LogP contribution < -0.4 is 0 Å². The normalized spacial score (nSPS) is 31.9. The molecule has 0 amide bonds. The Morgan fingerprint density at radius 1 is 1.36 bits per heavy atom. The zero-order chi connectivity index (χ0) is 10.6. The van der Waals surface area contributed by atoms with E-state index in [2.05, 4.69) is 6.92 Å². The molecule has 3 nitrogen and oxygen atoms in total. The molecule has 1 heterocycles. The Morgan fingerprint density at radius 3 is 2.57 bits per heavy atom. The fourth-order valence-electron chi connectivity index (χ4n) is 1.89. The molecule has 0 spiro atoms. The molecular formula is C11H20O3. The van der Waals surface area contributed by atoms with Gasteiger partial charge in [-0.1, -0.05) is 32.6 Å². The van der Waals surface area contributed by atoms with Crippen molar-refractivity contribution < 1.29 is 14.6 Å². The number of ether oxygens (including phenoxy) is 1. The molecule has 0 bridgehead atoms. The Balaban J connectivity index is 2.26. The number of aliphatic hydroxyl groups excluding tert-OH is 1. The smallest absolute Gasteiger partial charge is 0.312 e. The van der Waals surface area contributed by atoms with Crippen LogP contribution in [0, 0.1) is 5.92 Å². The first-order valence-electron chi connectivity index (χ1n) is 5.55. The summed E-state index contributed by atoms with van der Waals surface area (Å²) < 4.78 is 4.95. The molecular weight excluding hydrogens is 180 g/mol. The molecule has 3 unspecified atom stereocenters. The zero-order valence-electron chi connectivity index (χ0n) is 9.03. The summed E-state index contributed by atoms with van der Waals surface area (Å²) in [5, 5.41) is 9.64. The van der Waals surface area contributed by atoms with E-state index in [1.165, 1.54) is 12.8 Å². The Kier molecular flexibility index (Phi) is 4.39. The van der Waals surface area contributed by atoms with Crippen LogP contribution in [0.5, 0.6) is 0 Å². The summed E-state index contributed by atoms with van der Waals surface area (Å²) in [4.78, 5) is 11.3. The quantitative estimate of drug-likeness (QED) is 0.544. The predicted octanol–water partition coefficient (Wildman–Crippen LogP) is 1.88. The van der Waals surface area contributed by atoms with Gasteiger partial charge in [-0.3, -0.25) is 4.79 Å². The average molecular weight is 200 g/mol. The molecule has 3 atom stereocenters. The third-order valence-electron chi connectivity index (χ3n) is 2.87. The molecule has 82 valence electrons. The maximum Gasteiger partial charge on any atom is 0.312 e. The highest BCUT2D eigenvalue weighted by Crippen LogP contribution is 2.26. The highest BCUT2D eigenvalue weighted by atomic mass is 16.6. The lowest BCUT2D eigenvalue weighted by molar-refractivity contribution is -0.143. The highest BCUT2D eigenvalue weighted by Gasteiger charge is 2.40. The van der Waals surface area contributed by atoms with Crippen molar-refractivity contribution in [3.05, 3.63) is 0 Å². The van der Waals surface area contributed by atoms with Crippen molar-refractivity contribution in [1.82, 2.24) is 0 Å². The van der Waals surface area contributed by atoms with Crippen molar-refractivity contribution in [1.29, 1.82) is 0 Å². The molecule has 14 heavy (non-hydrogen) atoms. The third kappa shape index (κ3) is 2.71. The van der Waals surface area contributed by atoms with Crippen LogP contribution in [-0.2, 0) is 9.53 Å². The Morgan fingerprint density at radius 2 is 2.07 bits per heavy atom. The number of carbonyl (C=O) groups is 1. The van der Waals surface area contributed by atoms with Gasteiger partial charge in [0.2, 0.25) is 0 Å². The summed E-state index contributed by atoms with van der Waals surface area (Å²) in [5.41, 5.74) is 0. The van der Waals surface area contributed by atoms with Crippen LogP contribution in [0.1, 0.15) is 46.0 Å². The van der Waals surface area contributed by atoms with Gasteiger partial charge in [-0.25, -0.2) is 0 Å². The number of rotatable bonds is 5. The van der Waals surface area contributed by atoms with E-state index in [1.807, 2.05) is 0 Å². The maximum atomic E-state index is 11.3. The standard InChI is InChI=1S/C11H20O3/c1-3-4-5-6-7-9-10(12)8(2)14-11(9)13/h8-10,12H,3-7H2,1-2H3. The molecule has 0 saturated carbocycles. The second kappa shape index (κ2) is 5.35. The van der Waals surface area contributed by atoms with Crippen LogP contribution in [0.25, 0.3) is 0 Å². The minimum Gasteiger partial charge on any atom is -0.460 e. The average Bonchev–Trinajstić information content (AvgIpc) is 2.38. The first-order chi connectivity index (χ1) is 6.66. The summed E-state index contributed by atoms with van der Waals surface area (Å²) >= 11 is 0. The van der Waals surface area contributed by atoms with Gasteiger partial charge in [0.1, 0.15) is 12.2 Å². The molecule has 1 N–H and O–H groups in total. The van der Waals surface area contributed by atoms with Gasteiger partial charge in [0, 0.05) is 0 Å². The van der Waals surface area contributed by atoms with Gasteiger partial charge in [0.25, 0.3) is 0 Å². The molecule has 0 radical (unpaired) electrons. The van der Waals surface area contributed by atoms with E-state index in [9.17, 15) is 9.90 Å². The van der Waals surface area contributed by atoms with Crippen LogP contribution in [0.4, 0.5) is 0 Å². The third-order valence-corrected chi connectivity index (χ3v) is 2.87. The topological polar surface area (TPSA) is 46.5 Å². The number of esters is 1. The van der Waals surface area contributed by atoms with Crippen molar-refractivity contribution in [2.45, 2.75) is 58.2 Å². The molecule has 0 aliphatic carbocycles. The monoisotopic (exact) mass is 200 g/mol. The van der Waals surface area contributed by atoms with Crippen molar-refractivity contribution in [2.75, 3.05) is 0 Å². The molecule has 0 aromatic rings. The molecule has 3 heteroatoms. The fourth-order valence-corrected chi connectivity index (χ4v) is 1.89. The number of unbranched alkanes of at least 4 members (excludes halogenated alkanes) is 3. The summed E-state index contributed by atoms with van der Waals surface area (Å²) in [5.74, 6) is -0.497. The second-order valence-electron chi connectivity index (χ2n) is 4.09. The van der Waals surface area contributed by atoms with Crippen molar-refractivity contribution in [3.63, 3.8) is 0 Å². The fraction of sp³-hybridized carbons (Fsp3) is 0.909. The van der Waals surface area contributed by atoms with E-state index in [1.54, 1.807) is 6.92 Å². The Bertz CT molecular complexity index is 191. The van der Waals surface area contributed by atoms with Crippen molar-refractivity contribution in [2.24, 2.45) is 5.92 Å². The number of hydrogen-bond acceptors (Lipinski definition) is 3. The van der Waals surface area contributed by atoms with E-state index >= 15 is 0 Å². The van der Waals surface area contributed by atoms with E-state index < -0.39 is 6.10 Å². The second-order valence-corrected chi connectivity index (χ2v) is 4.09. The molecule has 0 aromatic heterocycles. The van der Waals surface area contributed by atoms with Crippen LogP contribution in [0.15, 0.2) is 0 Å². The predicted molar refractivity (Wildman–Crippen MR) is 53.8 cm³/mol. The van der Waals surface area contributed by atoms with E-state index in [-0.39, 0.29) is 18.0 Å². The summed E-state index contributed by atoms with van der Waals surface area (Å²) in [6.07, 6.45) is 4.40. The minimum absolute atomic E-state index is 0.221. The van der Waals surface area contributed by atoms with E-state index in [0.717, 1.165) is 19.3 Å². The number of aliphatic hydroxyl groups is 1. The van der Waals surface area contributed by atoms with Gasteiger partial charge in [-0.05, 0) is 13.3 Å². The van der Waals surface area contributed by atoms with Crippen molar-refractivity contribution in [3.8, 4) is 0 Å². The van der Waals surface area contributed by atoms with E-state index in [4.69, 9.17) is 4.74 Å². The lowest BCUT2D eigenvalue weighted by Crippen LogP contribution is -2.24. The van der Waals surface area contributed by atoms with E-state index in [0.29, 0.717) is 0 Å². The summed E-state index contributed by atoms with van der Waals surface area (Å²) in [6, 6.07) is 0. The Labute approximate surface area is 85.5 Å². The number of cyclic esters (lactones) is 1. The first-order valence-corrected chi connectivity index (χ1v) is 5.55. The van der Waals surface area contributed by atoms with Gasteiger partial charge in [-0.15, -0.1) is 0 Å². The Hall–Kier alpha value is -0.570. The minimum atomic E-state index is -0.593. The summed E-state index contributed by atoms with van der Waals surface area (Å²) in [6.45, 7) is 3.90. The highest BCUT2D eigenvalue weighted by molar-refractivity contribution is 5.75. The lowest BCUT2D eigenvalue weighted by atomic mass is 9.95. The molecule has 0 aromatic carbocycles. The van der Waals surface area contributed by atoms with Gasteiger partial charge in [0.15, 0.2) is 0 Å². The van der Waals surface area contributed by atoms with Crippen molar-refractivity contribution >= 4 is 5.97 Å². The van der Waals surface area contributed by atoms with Gasteiger partial charge in [0.05, 0.1) is 5.92 Å². The van der Waals surface area contributed by atoms with Crippen LogP contribution >= 0.6 is 0 Å². The van der Waals surface area contributed by atoms with Crippen LogP contribution in [-0.4, -0.2) is 23.3 Å². The van der Waals surface area contributed by atoms with Gasteiger partial charge >= 0.3 is 5.97 Å². The molecule has 1 saturated heterocycles. The number of carbonyl (C=O) groups excluding carboxylic acids is 1. The molecule has 1 aliphatic heterocycles. The lowest BCUT2D eigenvalue weighted by Gasteiger charge is -2.11. The SMILES string of the molecule is CCCCCCC1C(=O)OC(C)C1O. The van der Waals surface area contributed by atoms with Crippen LogP contribution in [0.3, 0.4) is 0 Å². The first kappa shape index (κ1) is 11.5. The summed E-state index contributed by atoms with van der Waals surface area (Å²) in [7, 11) is 0. The van der Waals surface area contributed by atoms with Crippen LogP contribution in [0.2, 0.25) is 0 Å². The van der Waals surface area contributed by atoms with Gasteiger partial charge < -0.3 is 9.84 Å². The maximum absolute atomic E-state index is 11.3. The van der Waals surface area contributed by atoms with Gasteiger partial charge in [-0.2, -0.15) is 0 Å². The molecule has 1 aliphatic rings. The molecule has 1 rings (SSSR count).